The van der Waals surface area contributed by atoms with E-state index in [4.69, 9.17) is 9.52 Å². The summed E-state index contributed by atoms with van der Waals surface area (Å²) in [5, 5.41) is 17.0. The highest BCUT2D eigenvalue weighted by atomic mass is 16.4. The first-order valence-corrected chi connectivity index (χ1v) is 4.96. The Bertz CT molecular complexity index is 583. The van der Waals surface area contributed by atoms with E-state index < -0.39 is 11.9 Å². The molecule has 0 fully saturated rings. The number of aromatic carboxylic acids is 1. The number of nitrogens with one attached hydrogen (secondary N) is 2. The summed E-state index contributed by atoms with van der Waals surface area (Å²) in [6, 6.07) is 4.62. The van der Waals surface area contributed by atoms with E-state index >= 15 is 0 Å². The first-order valence-electron chi connectivity index (χ1n) is 4.96. The summed E-state index contributed by atoms with van der Waals surface area (Å²) in [6.07, 6.45) is 4.23. The van der Waals surface area contributed by atoms with Gasteiger partial charge in [0.2, 0.25) is 5.91 Å². The molecule has 0 spiro atoms. The van der Waals surface area contributed by atoms with Crippen molar-refractivity contribution in [3.8, 4) is 0 Å². The van der Waals surface area contributed by atoms with Gasteiger partial charge < -0.3 is 14.8 Å². The number of carboxylic acid groups (broad SMARTS) is 1. The van der Waals surface area contributed by atoms with Crippen LogP contribution >= 0.6 is 0 Å². The predicted octanol–water partition coefficient (Wildman–Crippen LogP) is 1.35. The number of hydrogen-bond acceptors (Lipinski definition) is 4. The molecule has 18 heavy (non-hydrogen) atoms. The molecule has 0 aliphatic heterocycles. The van der Waals surface area contributed by atoms with Crippen molar-refractivity contribution >= 4 is 23.8 Å². The minimum Gasteiger partial charge on any atom is -0.477 e. The van der Waals surface area contributed by atoms with Gasteiger partial charge in [0.15, 0.2) is 5.82 Å². The van der Waals surface area contributed by atoms with Crippen LogP contribution in [0.1, 0.15) is 16.2 Å². The minimum absolute atomic E-state index is 0.0969. The molecule has 0 aromatic carbocycles. The molecule has 7 nitrogen and oxygen atoms in total. The Kier molecular flexibility index (Phi) is 3.24. The third-order valence-corrected chi connectivity index (χ3v) is 2.00. The van der Waals surface area contributed by atoms with Gasteiger partial charge in [0.25, 0.3) is 0 Å². The summed E-state index contributed by atoms with van der Waals surface area (Å²) in [6.45, 7) is 0. The Morgan fingerprint density at radius 2 is 2.33 bits per heavy atom. The van der Waals surface area contributed by atoms with E-state index in [1.807, 2.05) is 0 Å². The molecule has 2 rings (SSSR count). The summed E-state index contributed by atoms with van der Waals surface area (Å²) in [5.74, 6) is -0.899. The minimum atomic E-state index is -1.14. The van der Waals surface area contributed by atoms with Crippen molar-refractivity contribution < 1.29 is 19.1 Å². The number of carboxylic acids is 1. The molecule has 0 aliphatic rings. The smallest absolute Gasteiger partial charge is 0.353 e. The first-order chi connectivity index (χ1) is 8.65. The summed E-state index contributed by atoms with van der Waals surface area (Å²) in [4.78, 5) is 22.0. The molecule has 2 aromatic rings. The number of rotatable bonds is 4. The number of hydrogen-bond donors (Lipinski definition) is 3. The Labute approximate surface area is 101 Å². The number of carbonyl (C=O) groups excluding carboxylic acids is 1. The van der Waals surface area contributed by atoms with Crippen LogP contribution in [0, 0.1) is 0 Å². The Hall–Kier alpha value is -2.83. The molecular formula is C11H9N3O4. The van der Waals surface area contributed by atoms with Crippen molar-refractivity contribution in [3.63, 3.8) is 0 Å². The zero-order valence-electron chi connectivity index (χ0n) is 9.08. The second-order valence-corrected chi connectivity index (χ2v) is 3.31. The van der Waals surface area contributed by atoms with E-state index in [2.05, 4.69) is 15.5 Å². The summed E-state index contributed by atoms with van der Waals surface area (Å²) in [7, 11) is 0. The van der Waals surface area contributed by atoms with Gasteiger partial charge in [-0.15, -0.1) is 0 Å². The maximum atomic E-state index is 11.4. The van der Waals surface area contributed by atoms with Crippen molar-refractivity contribution in [1.29, 1.82) is 0 Å². The lowest BCUT2D eigenvalue weighted by Gasteiger charge is -1.94. The van der Waals surface area contributed by atoms with Crippen LogP contribution in [0.5, 0.6) is 0 Å². The van der Waals surface area contributed by atoms with Gasteiger partial charge in [0.1, 0.15) is 11.5 Å². The summed E-state index contributed by atoms with van der Waals surface area (Å²) >= 11 is 0. The zero-order valence-corrected chi connectivity index (χ0v) is 9.08. The average Bonchev–Trinajstić information content (AvgIpc) is 2.96. The standard InChI is InChI=1S/C11H9N3O4/c15-10(4-3-7-2-1-5-18-7)12-9-6-8(11(16)17)13-14-9/h1-6H,(H,16,17)(H2,12,13,14,15). The van der Waals surface area contributed by atoms with Crippen LogP contribution in [0.4, 0.5) is 5.82 Å². The number of H-pyrrole nitrogens is 1. The molecule has 0 saturated heterocycles. The van der Waals surface area contributed by atoms with Crippen molar-refractivity contribution in [2.24, 2.45) is 0 Å². The quantitative estimate of drug-likeness (QED) is 0.707. The third-order valence-electron chi connectivity index (χ3n) is 2.00. The zero-order chi connectivity index (χ0) is 13.0. The molecule has 1 amide bonds. The predicted molar refractivity (Wildman–Crippen MR) is 61.9 cm³/mol. The van der Waals surface area contributed by atoms with Crippen LogP contribution < -0.4 is 5.32 Å². The maximum Gasteiger partial charge on any atom is 0.353 e. The number of nitrogens with zero attached hydrogens (tertiary/aromatic N) is 1. The van der Waals surface area contributed by atoms with Gasteiger partial charge in [-0.05, 0) is 18.2 Å². The number of aromatic nitrogens is 2. The fraction of sp³-hybridized carbons (Fsp3) is 0. The monoisotopic (exact) mass is 247 g/mol. The number of carbonyl (C=O) groups is 2. The van der Waals surface area contributed by atoms with E-state index in [1.165, 1.54) is 24.5 Å². The normalized spacial score (nSPS) is 10.7. The fourth-order valence-electron chi connectivity index (χ4n) is 1.21. The van der Waals surface area contributed by atoms with E-state index in [-0.39, 0.29) is 11.5 Å². The van der Waals surface area contributed by atoms with Gasteiger partial charge >= 0.3 is 5.97 Å². The SMILES string of the molecule is O=C(C=Cc1ccco1)Nc1cc(C(=O)O)[nH]n1. The van der Waals surface area contributed by atoms with E-state index in [1.54, 1.807) is 12.1 Å². The van der Waals surface area contributed by atoms with E-state index in [9.17, 15) is 9.59 Å². The highest BCUT2D eigenvalue weighted by molar-refractivity contribution is 6.01. The fourth-order valence-corrected chi connectivity index (χ4v) is 1.21. The van der Waals surface area contributed by atoms with Gasteiger partial charge in [0.05, 0.1) is 6.26 Å². The Balaban J connectivity index is 1.96. The number of amides is 1. The van der Waals surface area contributed by atoms with Gasteiger partial charge in [0, 0.05) is 12.1 Å². The van der Waals surface area contributed by atoms with Crippen LogP contribution in [0.3, 0.4) is 0 Å². The Morgan fingerprint density at radius 3 is 2.94 bits per heavy atom. The topological polar surface area (TPSA) is 108 Å². The lowest BCUT2D eigenvalue weighted by atomic mass is 10.4. The number of furan rings is 1. The lowest BCUT2D eigenvalue weighted by molar-refractivity contribution is -0.111. The van der Waals surface area contributed by atoms with Crippen molar-refractivity contribution in [2.45, 2.75) is 0 Å². The van der Waals surface area contributed by atoms with Crippen LogP contribution in [-0.2, 0) is 4.79 Å². The van der Waals surface area contributed by atoms with E-state index in [0.717, 1.165) is 0 Å². The molecule has 7 heteroatoms. The van der Waals surface area contributed by atoms with Gasteiger partial charge in [-0.2, -0.15) is 5.10 Å². The molecule has 0 radical (unpaired) electrons. The molecular weight excluding hydrogens is 238 g/mol. The van der Waals surface area contributed by atoms with E-state index in [0.29, 0.717) is 5.76 Å². The summed E-state index contributed by atoms with van der Waals surface area (Å²) in [5.41, 5.74) is -0.0969. The molecule has 0 atom stereocenters. The Morgan fingerprint density at radius 1 is 1.50 bits per heavy atom. The molecule has 0 unspecified atom stereocenters. The number of aromatic amines is 1. The van der Waals surface area contributed by atoms with Gasteiger partial charge in [-0.1, -0.05) is 0 Å². The second-order valence-electron chi connectivity index (χ2n) is 3.31. The third kappa shape index (κ3) is 2.85. The molecule has 92 valence electrons. The van der Waals surface area contributed by atoms with Crippen molar-refractivity contribution in [1.82, 2.24) is 10.2 Å². The lowest BCUT2D eigenvalue weighted by Crippen LogP contribution is -2.07. The van der Waals surface area contributed by atoms with Crippen molar-refractivity contribution in [2.75, 3.05) is 5.32 Å². The maximum absolute atomic E-state index is 11.4. The molecule has 0 bridgehead atoms. The number of anilines is 1. The molecule has 2 heterocycles. The first kappa shape index (κ1) is 11.6. The average molecular weight is 247 g/mol. The molecule has 0 aliphatic carbocycles. The van der Waals surface area contributed by atoms with Crippen LogP contribution in [0.2, 0.25) is 0 Å². The van der Waals surface area contributed by atoms with Crippen LogP contribution in [0.25, 0.3) is 6.08 Å². The van der Waals surface area contributed by atoms with Crippen molar-refractivity contribution in [3.05, 3.63) is 42.0 Å². The highest BCUT2D eigenvalue weighted by Gasteiger charge is 2.08. The second kappa shape index (κ2) is 5.00. The van der Waals surface area contributed by atoms with Gasteiger partial charge in [-0.25, -0.2) is 4.79 Å². The molecule has 2 aromatic heterocycles. The van der Waals surface area contributed by atoms with Crippen LogP contribution in [0.15, 0.2) is 35.0 Å². The highest BCUT2D eigenvalue weighted by Crippen LogP contribution is 2.06. The largest absolute Gasteiger partial charge is 0.477 e. The van der Waals surface area contributed by atoms with Crippen LogP contribution in [-0.4, -0.2) is 27.2 Å². The molecule has 0 saturated carbocycles. The summed E-state index contributed by atoms with van der Waals surface area (Å²) < 4.78 is 5.00. The van der Waals surface area contributed by atoms with Gasteiger partial charge in [-0.3, -0.25) is 9.89 Å². The molecule has 3 N–H and O–H groups in total.